The predicted molar refractivity (Wildman–Crippen MR) is 113 cm³/mol. The number of aromatic nitrogens is 4. The largest absolute Gasteiger partial charge is 0.308 e. The van der Waals surface area contributed by atoms with Gasteiger partial charge in [0, 0.05) is 12.3 Å². The molecule has 0 aliphatic carbocycles. The number of rotatable bonds is 5. The molecular weight excluding hydrogens is 418 g/mol. The molecule has 0 aliphatic rings. The summed E-state index contributed by atoms with van der Waals surface area (Å²) in [6, 6.07) is 16.4. The van der Waals surface area contributed by atoms with Gasteiger partial charge in [-0.05, 0) is 46.1 Å². The summed E-state index contributed by atoms with van der Waals surface area (Å²) in [6.45, 7) is 4.62. The van der Waals surface area contributed by atoms with Gasteiger partial charge in [0.25, 0.3) is 0 Å². The summed E-state index contributed by atoms with van der Waals surface area (Å²) >= 11 is 3.48. The van der Waals surface area contributed by atoms with E-state index in [0.717, 1.165) is 15.9 Å². The fourth-order valence-electron chi connectivity index (χ4n) is 3.27. The van der Waals surface area contributed by atoms with Crippen molar-refractivity contribution < 1.29 is 4.79 Å². The van der Waals surface area contributed by atoms with Crippen LogP contribution in [0.5, 0.6) is 0 Å². The first-order valence-corrected chi connectivity index (χ1v) is 9.80. The van der Waals surface area contributed by atoms with E-state index >= 15 is 0 Å². The summed E-state index contributed by atoms with van der Waals surface area (Å²) in [4.78, 5) is 12.4. The quantitative estimate of drug-likeness (QED) is 0.506. The molecule has 6 nitrogen and oxygen atoms in total. The number of hydrogen-bond donors (Lipinski definition) is 1. The highest BCUT2D eigenvalue weighted by atomic mass is 79.9. The van der Waals surface area contributed by atoms with Crippen LogP contribution in [0.3, 0.4) is 0 Å². The maximum atomic E-state index is 12.4. The number of fused-ring (bicyclic) bond motifs is 1. The molecule has 142 valence electrons. The summed E-state index contributed by atoms with van der Waals surface area (Å²) in [7, 11) is 0. The highest BCUT2D eigenvalue weighted by molar-refractivity contribution is 9.10. The van der Waals surface area contributed by atoms with Crippen LogP contribution in [-0.2, 0) is 17.9 Å². The first-order valence-electron chi connectivity index (χ1n) is 9.01. The lowest BCUT2D eigenvalue weighted by atomic mass is 10.0. The van der Waals surface area contributed by atoms with Crippen molar-refractivity contribution >= 4 is 38.4 Å². The second-order valence-corrected chi connectivity index (χ2v) is 7.52. The number of benzene rings is 2. The Labute approximate surface area is 171 Å². The summed E-state index contributed by atoms with van der Waals surface area (Å²) in [5, 5.41) is 14.1. The van der Waals surface area contributed by atoms with E-state index in [9.17, 15) is 4.79 Å². The molecule has 0 atom stereocenters. The molecule has 0 saturated heterocycles. The highest BCUT2D eigenvalue weighted by Crippen LogP contribution is 2.21. The van der Waals surface area contributed by atoms with E-state index in [1.165, 1.54) is 16.3 Å². The van der Waals surface area contributed by atoms with Crippen LogP contribution in [-0.4, -0.2) is 25.5 Å². The van der Waals surface area contributed by atoms with Crippen molar-refractivity contribution in [2.45, 2.75) is 26.9 Å². The Morgan fingerprint density at radius 2 is 1.86 bits per heavy atom. The van der Waals surface area contributed by atoms with Gasteiger partial charge in [-0.15, -0.1) is 0 Å². The van der Waals surface area contributed by atoms with E-state index in [1.807, 2.05) is 36.9 Å². The zero-order valence-electron chi connectivity index (χ0n) is 15.7. The number of nitrogens with zero attached hydrogens (tertiary/aromatic N) is 4. The molecular formula is C21H20BrN5O. The molecule has 0 bridgehead atoms. The Morgan fingerprint density at radius 3 is 2.64 bits per heavy atom. The summed E-state index contributed by atoms with van der Waals surface area (Å²) < 4.78 is 4.44. The smallest absolute Gasteiger partial charge is 0.247 e. The van der Waals surface area contributed by atoms with Crippen molar-refractivity contribution in [3.63, 3.8) is 0 Å². The number of amides is 1. The number of carbonyl (C=O) groups is 1. The zero-order chi connectivity index (χ0) is 19.7. The van der Waals surface area contributed by atoms with Crippen LogP contribution in [0.25, 0.3) is 10.8 Å². The molecule has 2 aromatic heterocycles. The summed E-state index contributed by atoms with van der Waals surface area (Å²) in [6.07, 6.45) is 1.87. The third-order valence-corrected chi connectivity index (χ3v) is 5.85. The van der Waals surface area contributed by atoms with Crippen LogP contribution in [0, 0.1) is 13.8 Å². The molecule has 0 spiro atoms. The normalized spacial score (nSPS) is 11.1. The van der Waals surface area contributed by atoms with E-state index in [4.69, 9.17) is 0 Å². The first-order chi connectivity index (χ1) is 13.5. The van der Waals surface area contributed by atoms with Gasteiger partial charge in [0.1, 0.15) is 6.54 Å². The Bertz CT molecular complexity index is 1160. The summed E-state index contributed by atoms with van der Waals surface area (Å²) in [5.41, 5.74) is 2.98. The van der Waals surface area contributed by atoms with Crippen molar-refractivity contribution in [2.75, 3.05) is 5.32 Å². The molecule has 0 fully saturated rings. The van der Waals surface area contributed by atoms with E-state index in [-0.39, 0.29) is 12.5 Å². The minimum Gasteiger partial charge on any atom is -0.308 e. The van der Waals surface area contributed by atoms with Crippen LogP contribution < -0.4 is 5.32 Å². The average Bonchev–Trinajstić information content (AvgIpc) is 3.22. The lowest BCUT2D eigenvalue weighted by Crippen LogP contribution is -2.20. The maximum Gasteiger partial charge on any atom is 0.247 e. The van der Waals surface area contributed by atoms with Gasteiger partial charge < -0.3 is 5.32 Å². The number of anilines is 1. The number of halogens is 1. The van der Waals surface area contributed by atoms with Crippen LogP contribution in [0.15, 0.2) is 59.2 Å². The minimum atomic E-state index is -0.159. The van der Waals surface area contributed by atoms with Gasteiger partial charge in [0.2, 0.25) is 5.91 Å². The first kappa shape index (κ1) is 18.4. The standard InChI is InChI=1S/C21H20BrN5O/c1-14-21(22)15(2)27(24-14)13-20(28)23-19-10-11-26(25-19)12-17-8-5-7-16-6-3-4-9-18(16)17/h3-11H,12-13H2,1-2H3,(H,23,25,28). The molecule has 7 heteroatoms. The van der Waals surface area contributed by atoms with Crippen molar-refractivity contribution in [3.05, 3.63) is 76.2 Å². The molecule has 0 unspecified atom stereocenters. The second-order valence-electron chi connectivity index (χ2n) is 6.73. The third kappa shape index (κ3) is 3.71. The molecule has 1 N–H and O–H groups in total. The van der Waals surface area contributed by atoms with Crippen molar-refractivity contribution in [3.8, 4) is 0 Å². The van der Waals surface area contributed by atoms with Crippen molar-refractivity contribution in [1.82, 2.24) is 19.6 Å². The van der Waals surface area contributed by atoms with Crippen molar-refractivity contribution in [2.24, 2.45) is 0 Å². The average molecular weight is 438 g/mol. The van der Waals surface area contributed by atoms with Crippen LogP contribution >= 0.6 is 15.9 Å². The van der Waals surface area contributed by atoms with E-state index in [1.54, 1.807) is 10.7 Å². The number of nitrogens with one attached hydrogen (secondary N) is 1. The maximum absolute atomic E-state index is 12.4. The van der Waals surface area contributed by atoms with Gasteiger partial charge in [-0.3, -0.25) is 14.2 Å². The van der Waals surface area contributed by atoms with Gasteiger partial charge >= 0.3 is 0 Å². The minimum absolute atomic E-state index is 0.147. The Balaban J connectivity index is 1.45. The third-order valence-electron chi connectivity index (χ3n) is 4.71. The topological polar surface area (TPSA) is 64.7 Å². The fraction of sp³-hybridized carbons (Fsp3) is 0.190. The van der Waals surface area contributed by atoms with Gasteiger partial charge in [0.05, 0.1) is 22.4 Å². The Hall–Kier alpha value is -2.93. The number of hydrogen-bond acceptors (Lipinski definition) is 3. The van der Waals surface area contributed by atoms with E-state index < -0.39 is 0 Å². The van der Waals surface area contributed by atoms with E-state index in [2.05, 4.69) is 61.8 Å². The van der Waals surface area contributed by atoms with Crippen molar-refractivity contribution in [1.29, 1.82) is 0 Å². The zero-order valence-corrected chi connectivity index (χ0v) is 17.3. The van der Waals surface area contributed by atoms with Gasteiger partial charge in [-0.1, -0.05) is 42.5 Å². The lowest BCUT2D eigenvalue weighted by molar-refractivity contribution is -0.117. The molecule has 28 heavy (non-hydrogen) atoms. The molecule has 2 heterocycles. The van der Waals surface area contributed by atoms with Crippen LogP contribution in [0.4, 0.5) is 5.82 Å². The van der Waals surface area contributed by atoms with Gasteiger partial charge in [0.15, 0.2) is 5.82 Å². The molecule has 0 saturated carbocycles. The van der Waals surface area contributed by atoms with Gasteiger partial charge in [-0.2, -0.15) is 10.2 Å². The predicted octanol–water partition coefficient (Wildman–Crippen LogP) is 4.30. The van der Waals surface area contributed by atoms with Crippen LogP contribution in [0.2, 0.25) is 0 Å². The van der Waals surface area contributed by atoms with Gasteiger partial charge in [-0.25, -0.2) is 0 Å². The number of aryl methyl sites for hydroxylation is 1. The molecule has 4 rings (SSSR count). The fourth-order valence-corrected chi connectivity index (χ4v) is 3.55. The number of carbonyl (C=O) groups excluding carboxylic acids is 1. The molecule has 2 aromatic carbocycles. The molecule has 4 aromatic rings. The molecule has 0 radical (unpaired) electrons. The Kier molecular flexibility index (Phi) is 5.00. The highest BCUT2D eigenvalue weighted by Gasteiger charge is 2.13. The molecule has 1 amide bonds. The summed E-state index contributed by atoms with van der Waals surface area (Å²) in [5.74, 6) is 0.374. The van der Waals surface area contributed by atoms with Crippen LogP contribution in [0.1, 0.15) is 17.0 Å². The lowest BCUT2D eigenvalue weighted by Gasteiger charge is -2.07. The SMILES string of the molecule is Cc1nn(CC(=O)Nc2ccn(Cc3cccc4ccccc34)n2)c(C)c1Br. The monoisotopic (exact) mass is 437 g/mol. The Morgan fingerprint density at radius 1 is 1.07 bits per heavy atom. The second kappa shape index (κ2) is 7.59. The van der Waals surface area contributed by atoms with E-state index in [0.29, 0.717) is 12.4 Å². The molecule has 0 aliphatic heterocycles.